The fourth-order valence-electron chi connectivity index (χ4n) is 1.33. The molecule has 0 amide bonds. The molecule has 1 unspecified atom stereocenters. The van der Waals surface area contributed by atoms with Crippen LogP contribution in [0.25, 0.3) is 0 Å². The Morgan fingerprint density at radius 2 is 2.20 bits per heavy atom. The molecule has 0 aromatic carbocycles. The molecule has 0 radical (unpaired) electrons. The second-order valence-corrected chi connectivity index (χ2v) is 4.69. The number of thiazole rings is 1. The maximum atomic E-state index is 4.42. The summed E-state index contributed by atoms with van der Waals surface area (Å²) in [5.74, 6) is 0. The zero-order valence-electron chi connectivity index (χ0n) is 9.84. The van der Waals surface area contributed by atoms with Crippen LogP contribution in [0.15, 0.2) is 6.20 Å². The van der Waals surface area contributed by atoms with Gasteiger partial charge in [0.25, 0.3) is 0 Å². The smallest absolute Gasteiger partial charge is 0.109 e. The van der Waals surface area contributed by atoms with Gasteiger partial charge in [0.2, 0.25) is 0 Å². The summed E-state index contributed by atoms with van der Waals surface area (Å²) >= 11 is 1.81. The number of aromatic nitrogens is 1. The fourth-order valence-corrected chi connectivity index (χ4v) is 2.21. The van der Waals surface area contributed by atoms with Crippen molar-refractivity contribution < 1.29 is 0 Å². The van der Waals surface area contributed by atoms with Crippen molar-refractivity contribution in [3.8, 4) is 0 Å². The lowest BCUT2D eigenvalue weighted by molar-refractivity contribution is 0.550. The van der Waals surface area contributed by atoms with Gasteiger partial charge >= 0.3 is 0 Å². The number of hydrogen-bond acceptors (Lipinski definition) is 4. The topological polar surface area (TPSA) is 37.0 Å². The van der Waals surface area contributed by atoms with Crippen LogP contribution in [-0.2, 0) is 6.42 Å². The highest BCUT2D eigenvalue weighted by Gasteiger charge is 2.08. The van der Waals surface area contributed by atoms with Crippen molar-refractivity contribution in [1.82, 2.24) is 15.6 Å². The first kappa shape index (κ1) is 12.6. The number of hydrogen-bond donors (Lipinski definition) is 2. The Balaban J connectivity index is 2.29. The zero-order valence-corrected chi connectivity index (χ0v) is 10.7. The maximum absolute atomic E-state index is 4.42. The fraction of sp³-hybridized carbons (Fsp3) is 0.727. The van der Waals surface area contributed by atoms with Gasteiger partial charge in [-0.25, -0.2) is 4.98 Å². The van der Waals surface area contributed by atoms with E-state index in [0.717, 1.165) is 26.1 Å². The molecule has 0 fully saturated rings. The molecule has 2 N–H and O–H groups in total. The van der Waals surface area contributed by atoms with E-state index in [4.69, 9.17) is 0 Å². The van der Waals surface area contributed by atoms with E-state index in [0.29, 0.717) is 6.04 Å². The molecule has 86 valence electrons. The minimum Gasteiger partial charge on any atom is -0.316 e. The quantitative estimate of drug-likeness (QED) is 0.699. The first-order valence-corrected chi connectivity index (χ1v) is 6.48. The van der Waals surface area contributed by atoms with Crippen LogP contribution in [0.5, 0.6) is 0 Å². The van der Waals surface area contributed by atoms with Crippen LogP contribution >= 0.6 is 11.3 Å². The van der Waals surface area contributed by atoms with Gasteiger partial charge in [0, 0.05) is 24.2 Å². The summed E-state index contributed by atoms with van der Waals surface area (Å²) in [6.45, 7) is 9.51. The number of likely N-dealkylation sites (N-methyl/N-ethyl adjacent to an activating group) is 1. The van der Waals surface area contributed by atoms with E-state index in [1.54, 1.807) is 0 Å². The highest BCUT2D eigenvalue weighted by Crippen LogP contribution is 2.19. The molecule has 1 atom stereocenters. The van der Waals surface area contributed by atoms with Gasteiger partial charge in [-0.15, -0.1) is 11.3 Å². The van der Waals surface area contributed by atoms with E-state index in [-0.39, 0.29) is 0 Å². The minimum atomic E-state index is 0.369. The van der Waals surface area contributed by atoms with Crippen molar-refractivity contribution in [1.29, 1.82) is 0 Å². The maximum Gasteiger partial charge on any atom is 0.109 e. The predicted octanol–water partition coefficient (Wildman–Crippen LogP) is 1.97. The lowest BCUT2D eigenvalue weighted by Gasteiger charge is -2.10. The molecule has 1 aromatic rings. The summed E-state index contributed by atoms with van der Waals surface area (Å²) in [4.78, 5) is 5.79. The third-order valence-electron chi connectivity index (χ3n) is 2.29. The standard InChI is InChI=1S/C11H21N3S/c1-4-10-8-14-11(15-10)9(3)13-7-6-12-5-2/h8-9,12-13H,4-7H2,1-3H3. The van der Waals surface area contributed by atoms with Crippen molar-refractivity contribution in [2.75, 3.05) is 19.6 Å². The number of rotatable bonds is 7. The van der Waals surface area contributed by atoms with Gasteiger partial charge < -0.3 is 10.6 Å². The van der Waals surface area contributed by atoms with Crippen LogP contribution in [0.2, 0.25) is 0 Å². The second kappa shape index (κ2) is 6.93. The Labute approximate surface area is 96.3 Å². The molecular weight excluding hydrogens is 206 g/mol. The normalized spacial score (nSPS) is 13.0. The van der Waals surface area contributed by atoms with E-state index in [1.807, 2.05) is 17.5 Å². The van der Waals surface area contributed by atoms with Gasteiger partial charge in [0.1, 0.15) is 5.01 Å². The molecule has 0 aliphatic rings. The molecule has 0 bridgehead atoms. The van der Waals surface area contributed by atoms with Gasteiger partial charge in [-0.05, 0) is 19.9 Å². The zero-order chi connectivity index (χ0) is 11.1. The van der Waals surface area contributed by atoms with Crippen molar-refractivity contribution in [2.45, 2.75) is 33.2 Å². The summed E-state index contributed by atoms with van der Waals surface area (Å²) in [6.07, 6.45) is 3.07. The summed E-state index contributed by atoms with van der Waals surface area (Å²) < 4.78 is 0. The highest BCUT2D eigenvalue weighted by molar-refractivity contribution is 7.11. The number of nitrogens with one attached hydrogen (secondary N) is 2. The molecule has 0 saturated carbocycles. The van der Waals surface area contributed by atoms with Gasteiger partial charge in [0.05, 0.1) is 6.04 Å². The first-order chi connectivity index (χ1) is 7.27. The molecule has 0 spiro atoms. The Morgan fingerprint density at radius 3 is 2.80 bits per heavy atom. The molecule has 1 aromatic heterocycles. The molecule has 15 heavy (non-hydrogen) atoms. The Hall–Kier alpha value is -0.450. The van der Waals surface area contributed by atoms with Gasteiger partial charge in [-0.2, -0.15) is 0 Å². The third kappa shape index (κ3) is 4.28. The molecule has 3 nitrogen and oxygen atoms in total. The molecule has 0 aliphatic heterocycles. The Morgan fingerprint density at radius 1 is 1.40 bits per heavy atom. The van der Waals surface area contributed by atoms with Crippen LogP contribution < -0.4 is 10.6 Å². The van der Waals surface area contributed by atoms with Crippen molar-refractivity contribution in [3.63, 3.8) is 0 Å². The Bertz CT molecular complexity index is 273. The molecule has 1 heterocycles. The first-order valence-electron chi connectivity index (χ1n) is 5.66. The number of aryl methyl sites for hydroxylation is 1. The summed E-state index contributed by atoms with van der Waals surface area (Å²) in [5.41, 5.74) is 0. The van der Waals surface area contributed by atoms with Crippen molar-refractivity contribution in [3.05, 3.63) is 16.1 Å². The van der Waals surface area contributed by atoms with Crippen LogP contribution in [0, 0.1) is 0 Å². The largest absolute Gasteiger partial charge is 0.316 e. The molecule has 0 saturated heterocycles. The SMILES string of the molecule is CCNCCNC(C)c1ncc(CC)s1. The third-order valence-corrected chi connectivity index (χ3v) is 3.62. The Kier molecular flexibility index (Phi) is 5.83. The lowest BCUT2D eigenvalue weighted by Crippen LogP contribution is -2.28. The van der Waals surface area contributed by atoms with Gasteiger partial charge in [-0.1, -0.05) is 13.8 Å². The van der Waals surface area contributed by atoms with Crippen LogP contribution in [0.3, 0.4) is 0 Å². The van der Waals surface area contributed by atoms with E-state index >= 15 is 0 Å². The second-order valence-electron chi connectivity index (χ2n) is 3.55. The van der Waals surface area contributed by atoms with E-state index < -0.39 is 0 Å². The van der Waals surface area contributed by atoms with Crippen molar-refractivity contribution >= 4 is 11.3 Å². The lowest BCUT2D eigenvalue weighted by atomic mass is 10.3. The summed E-state index contributed by atoms with van der Waals surface area (Å²) in [6, 6.07) is 0.369. The monoisotopic (exact) mass is 227 g/mol. The van der Waals surface area contributed by atoms with Crippen molar-refractivity contribution in [2.24, 2.45) is 0 Å². The average Bonchev–Trinajstić information content (AvgIpc) is 2.72. The molecule has 4 heteroatoms. The average molecular weight is 227 g/mol. The van der Waals surface area contributed by atoms with E-state index in [9.17, 15) is 0 Å². The molecule has 1 rings (SSSR count). The summed E-state index contributed by atoms with van der Waals surface area (Å²) in [7, 11) is 0. The van der Waals surface area contributed by atoms with E-state index in [1.165, 1.54) is 9.88 Å². The predicted molar refractivity (Wildman–Crippen MR) is 66.5 cm³/mol. The van der Waals surface area contributed by atoms with Gasteiger partial charge in [0.15, 0.2) is 0 Å². The molecule has 0 aliphatic carbocycles. The van der Waals surface area contributed by atoms with E-state index in [2.05, 4.69) is 36.4 Å². The van der Waals surface area contributed by atoms with Crippen LogP contribution in [-0.4, -0.2) is 24.6 Å². The summed E-state index contributed by atoms with van der Waals surface area (Å²) in [5, 5.41) is 7.95. The van der Waals surface area contributed by atoms with Gasteiger partial charge in [-0.3, -0.25) is 0 Å². The van der Waals surface area contributed by atoms with Crippen LogP contribution in [0.1, 0.15) is 36.7 Å². The minimum absolute atomic E-state index is 0.369. The number of nitrogens with zero attached hydrogens (tertiary/aromatic N) is 1. The van der Waals surface area contributed by atoms with Crippen LogP contribution in [0.4, 0.5) is 0 Å². The highest BCUT2D eigenvalue weighted by atomic mass is 32.1. The molecular formula is C11H21N3S.